The fraction of sp³-hybridized carbons (Fsp3) is 0.0435. The number of aromatic nitrogens is 1. The summed E-state index contributed by atoms with van der Waals surface area (Å²) < 4.78 is 8.46. The minimum atomic E-state index is -0.220. The highest BCUT2D eigenvalue weighted by Gasteiger charge is 2.11. The molecule has 144 valence electrons. The van der Waals surface area contributed by atoms with Gasteiger partial charge >= 0.3 is 0 Å². The minimum absolute atomic E-state index is 0.0675. The van der Waals surface area contributed by atoms with Crippen LogP contribution in [-0.4, -0.2) is 10.5 Å². The smallest absolute Gasteiger partial charge is 0.244 e. The van der Waals surface area contributed by atoms with Crippen LogP contribution in [0, 0.1) is 0 Å². The van der Waals surface area contributed by atoms with Gasteiger partial charge in [0.1, 0.15) is 12.3 Å². The highest BCUT2D eigenvalue weighted by atomic mass is 79.9. The molecule has 0 aliphatic heterocycles. The number of rotatable bonds is 5. The lowest BCUT2D eigenvalue weighted by Gasteiger charge is -2.14. The highest BCUT2D eigenvalue weighted by Crippen LogP contribution is 2.29. The van der Waals surface area contributed by atoms with Gasteiger partial charge in [0.2, 0.25) is 5.91 Å². The van der Waals surface area contributed by atoms with Crippen molar-refractivity contribution in [3.63, 3.8) is 0 Å². The summed E-state index contributed by atoms with van der Waals surface area (Å²) in [6.07, 6.45) is 1.63. The van der Waals surface area contributed by atoms with Crippen molar-refractivity contribution < 1.29 is 9.53 Å². The maximum Gasteiger partial charge on any atom is 0.244 e. The zero-order valence-corrected chi connectivity index (χ0v) is 16.9. The van der Waals surface area contributed by atoms with Gasteiger partial charge in [-0.05, 0) is 42.5 Å². The molecule has 0 bridgehead atoms. The maximum atomic E-state index is 12.7. The van der Waals surface area contributed by atoms with E-state index in [-0.39, 0.29) is 17.9 Å². The lowest BCUT2D eigenvalue weighted by Crippen LogP contribution is -2.20. The van der Waals surface area contributed by atoms with Gasteiger partial charge in [-0.15, -0.1) is 0 Å². The van der Waals surface area contributed by atoms with Crippen LogP contribution in [0.15, 0.2) is 94.3 Å². The SMILES string of the molecule is O=C(Cn1ccc(=O)c2cc(Br)ccc21)Nc1ccccc1Oc1ccccc1. The zero-order valence-electron chi connectivity index (χ0n) is 15.3. The number of amides is 1. The lowest BCUT2D eigenvalue weighted by molar-refractivity contribution is -0.116. The minimum Gasteiger partial charge on any atom is -0.455 e. The molecule has 3 aromatic carbocycles. The van der Waals surface area contributed by atoms with Crippen LogP contribution in [0.1, 0.15) is 0 Å². The van der Waals surface area contributed by atoms with Crippen LogP contribution in [0.5, 0.6) is 11.5 Å². The van der Waals surface area contributed by atoms with Crippen molar-refractivity contribution in [3.8, 4) is 11.5 Å². The van der Waals surface area contributed by atoms with Gasteiger partial charge < -0.3 is 14.6 Å². The van der Waals surface area contributed by atoms with Crippen LogP contribution in [-0.2, 0) is 11.3 Å². The van der Waals surface area contributed by atoms with Crippen molar-refractivity contribution in [1.82, 2.24) is 4.57 Å². The quantitative estimate of drug-likeness (QED) is 0.456. The average molecular weight is 449 g/mol. The number of anilines is 1. The first-order valence-electron chi connectivity index (χ1n) is 9.01. The van der Waals surface area contributed by atoms with Gasteiger partial charge in [-0.3, -0.25) is 9.59 Å². The van der Waals surface area contributed by atoms with Gasteiger partial charge in [-0.2, -0.15) is 0 Å². The normalized spacial score (nSPS) is 10.7. The van der Waals surface area contributed by atoms with Crippen molar-refractivity contribution >= 4 is 38.4 Å². The number of benzene rings is 3. The van der Waals surface area contributed by atoms with E-state index in [2.05, 4.69) is 21.2 Å². The number of carbonyl (C=O) groups excluding carboxylic acids is 1. The Bertz CT molecular complexity index is 1240. The Labute approximate surface area is 175 Å². The number of halogens is 1. The van der Waals surface area contributed by atoms with Crippen molar-refractivity contribution in [2.24, 2.45) is 0 Å². The number of nitrogens with zero attached hydrogens (tertiary/aromatic N) is 1. The Morgan fingerprint density at radius 3 is 2.55 bits per heavy atom. The molecule has 0 saturated carbocycles. The Balaban J connectivity index is 1.56. The predicted octanol–water partition coefficient (Wildman–Crippen LogP) is 5.20. The van der Waals surface area contributed by atoms with Gasteiger partial charge in [0.15, 0.2) is 11.2 Å². The predicted molar refractivity (Wildman–Crippen MR) is 117 cm³/mol. The molecule has 5 nitrogen and oxygen atoms in total. The van der Waals surface area contributed by atoms with Crippen molar-refractivity contribution in [1.29, 1.82) is 0 Å². The molecule has 0 spiro atoms. The summed E-state index contributed by atoms with van der Waals surface area (Å²) in [4.78, 5) is 24.8. The first kappa shape index (κ1) is 19.0. The summed E-state index contributed by atoms with van der Waals surface area (Å²) in [5, 5.41) is 3.46. The first-order valence-corrected chi connectivity index (χ1v) is 9.80. The van der Waals surface area contributed by atoms with E-state index in [1.165, 1.54) is 6.07 Å². The summed E-state index contributed by atoms with van der Waals surface area (Å²) in [6, 6.07) is 23.5. The lowest BCUT2D eigenvalue weighted by atomic mass is 10.2. The molecule has 4 rings (SSSR count). The van der Waals surface area contributed by atoms with E-state index in [1.807, 2.05) is 54.6 Å². The molecule has 0 radical (unpaired) electrons. The molecule has 0 aliphatic rings. The molecule has 1 amide bonds. The summed E-state index contributed by atoms with van der Waals surface area (Å²) in [5.41, 5.74) is 1.19. The Morgan fingerprint density at radius 2 is 1.72 bits per heavy atom. The van der Waals surface area contributed by atoms with E-state index in [0.717, 1.165) is 4.47 Å². The van der Waals surface area contributed by atoms with Crippen LogP contribution < -0.4 is 15.5 Å². The van der Waals surface area contributed by atoms with Crippen molar-refractivity contribution in [2.45, 2.75) is 6.54 Å². The van der Waals surface area contributed by atoms with E-state index >= 15 is 0 Å². The second kappa shape index (κ2) is 8.32. The molecule has 6 heteroatoms. The maximum absolute atomic E-state index is 12.7. The topological polar surface area (TPSA) is 60.3 Å². The number of pyridine rings is 1. The Kier molecular flexibility index (Phi) is 5.44. The molecule has 0 saturated heterocycles. The molecule has 0 fully saturated rings. The van der Waals surface area contributed by atoms with Gasteiger partial charge in [0, 0.05) is 22.1 Å². The second-order valence-corrected chi connectivity index (χ2v) is 7.34. The third-order valence-electron chi connectivity index (χ3n) is 4.39. The van der Waals surface area contributed by atoms with E-state index in [0.29, 0.717) is 28.1 Å². The second-order valence-electron chi connectivity index (χ2n) is 6.43. The number of fused-ring (bicyclic) bond motifs is 1. The molecule has 29 heavy (non-hydrogen) atoms. The molecule has 0 aliphatic carbocycles. The molecule has 1 heterocycles. The van der Waals surface area contributed by atoms with E-state index in [9.17, 15) is 9.59 Å². The van der Waals surface area contributed by atoms with Gasteiger partial charge in [0.05, 0.1) is 11.2 Å². The fourth-order valence-corrected chi connectivity index (χ4v) is 3.40. The van der Waals surface area contributed by atoms with E-state index in [1.54, 1.807) is 29.0 Å². The van der Waals surface area contributed by atoms with Gasteiger partial charge in [0.25, 0.3) is 0 Å². The number of hydrogen-bond acceptors (Lipinski definition) is 3. The third-order valence-corrected chi connectivity index (χ3v) is 4.88. The van der Waals surface area contributed by atoms with Crippen LogP contribution in [0.2, 0.25) is 0 Å². The van der Waals surface area contributed by atoms with Crippen LogP contribution in [0.4, 0.5) is 5.69 Å². The number of nitrogens with one attached hydrogen (secondary N) is 1. The van der Waals surface area contributed by atoms with Crippen molar-refractivity contribution in [3.05, 3.63) is 99.8 Å². The molecule has 0 unspecified atom stereocenters. The molecule has 0 atom stereocenters. The third kappa shape index (κ3) is 4.38. The standard InChI is InChI=1S/C23H17BrN2O3/c24-16-10-11-20-18(14-16)21(27)12-13-26(20)15-23(28)25-19-8-4-5-9-22(19)29-17-6-2-1-3-7-17/h1-14H,15H2,(H,25,28). The molecule has 4 aromatic rings. The van der Waals surface area contributed by atoms with Crippen LogP contribution >= 0.6 is 15.9 Å². The molecule has 1 aromatic heterocycles. The van der Waals surface area contributed by atoms with Crippen molar-refractivity contribution in [2.75, 3.05) is 5.32 Å². The number of hydrogen-bond donors (Lipinski definition) is 1. The Morgan fingerprint density at radius 1 is 0.966 bits per heavy atom. The highest BCUT2D eigenvalue weighted by molar-refractivity contribution is 9.10. The Hall–Kier alpha value is -3.38. The number of para-hydroxylation sites is 3. The van der Waals surface area contributed by atoms with Gasteiger partial charge in [-0.1, -0.05) is 46.3 Å². The van der Waals surface area contributed by atoms with E-state index in [4.69, 9.17) is 4.74 Å². The van der Waals surface area contributed by atoms with Crippen LogP contribution in [0.3, 0.4) is 0 Å². The number of carbonyl (C=O) groups is 1. The first-order chi connectivity index (χ1) is 14.1. The van der Waals surface area contributed by atoms with Gasteiger partial charge in [-0.25, -0.2) is 0 Å². The van der Waals surface area contributed by atoms with E-state index < -0.39 is 0 Å². The monoisotopic (exact) mass is 448 g/mol. The zero-order chi connectivity index (χ0) is 20.2. The summed E-state index contributed by atoms with van der Waals surface area (Å²) in [5.74, 6) is 1.02. The molecular formula is C23H17BrN2O3. The van der Waals surface area contributed by atoms with Crippen LogP contribution in [0.25, 0.3) is 10.9 Å². The largest absolute Gasteiger partial charge is 0.455 e. The summed E-state index contributed by atoms with van der Waals surface area (Å²) in [6.45, 7) is 0.0675. The average Bonchev–Trinajstić information content (AvgIpc) is 2.72. The number of ether oxygens (including phenoxy) is 1. The molecule has 1 N–H and O–H groups in total. The summed E-state index contributed by atoms with van der Waals surface area (Å²) >= 11 is 3.38. The summed E-state index contributed by atoms with van der Waals surface area (Å²) in [7, 11) is 0. The molecular weight excluding hydrogens is 432 g/mol. The fourth-order valence-electron chi connectivity index (χ4n) is 3.04.